The summed E-state index contributed by atoms with van der Waals surface area (Å²) in [5, 5.41) is 11.9. The largest absolute Gasteiger partial charge is 0.480 e. The first-order chi connectivity index (χ1) is 11.0. The summed E-state index contributed by atoms with van der Waals surface area (Å²) in [5.74, 6) is -1.44. The number of nitrogens with one attached hydrogen (secondary N) is 1. The highest BCUT2D eigenvalue weighted by Gasteiger charge is 2.43. The summed E-state index contributed by atoms with van der Waals surface area (Å²) in [6, 6.07) is -1.78. The first-order valence-corrected chi connectivity index (χ1v) is 7.93. The number of nitrogens with zero attached hydrogens (tertiary/aromatic N) is 1. The van der Waals surface area contributed by atoms with Crippen LogP contribution in [0.1, 0.15) is 32.6 Å². The summed E-state index contributed by atoms with van der Waals surface area (Å²) in [6.07, 6.45) is 1.66. The fourth-order valence-corrected chi connectivity index (χ4v) is 3.37. The molecule has 2 amide bonds. The average Bonchev–Trinajstić information content (AvgIpc) is 2.94. The highest BCUT2D eigenvalue weighted by Crippen LogP contribution is 2.28. The van der Waals surface area contributed by atoms with E-state index in [2.05, 4.69) is 10.1 Å². The fourth-order valence-electron chi connectivity index (χ4n) is 3.37. The van der Waals surface area contributed by atoms with Crippen molar-refractivity contribution in [3.8, 4) is 0 Å². The number of rotatable bonds is 4. The van der Waals surface area contributed by atoms with Gasteiger partial charge < -0.3 is 24.8 Å². The zero-order chi connectivity index (χ0) is 17.0. The van der Waals surface area contributed by atoms with Crippen molar-refractivity contribution in [2.24, 2.45) is 5.92 Å². The Balaban J connectivity index is 2.20. The molecule has 0 bridgehead atoms. The minimum absolute atomic E-state index is 0.0856. The third kappa shape index (κ3) is 3.93. The van der Waals surface area contributed by atoms with Gasteiger partial charge in [-0.3, -0.25) is 4.79 Å². The molecule has 2 aliphatic rings. The number of alkyl carbamates (subject to hydrolysis) is 1. The molecule has 0 aliphatic carbocycles. The second-order valence-electron chi connectivity index (χ2n) is 6.09. The van der Waals surface area contributed by atoms with Crippen LogP contribution in [0.5, 0.6) is 0 Å². The standard InChI is InChI=1S/C15H24N2O6/c1-9-3-4-11(14(19)20)17(9)13(18)12(16-15(21)22-2)10-5-7-23-8-6-10/h9-12H,3-8H2,1-2H3,(H,16,21)(H,19,20)/t9-,11-,12-/m0/s1. The SMILES string of the molecule is COC(=O)N[C@H](C(=O)N1[C@@H](C)CC[C@H]1C(=O)O)C1CCOCC1. The van der Waals surface area contributed by atoms with E-state index in [-0.39, 0.29) is 17.9 Å². The van der Waals surface area contributed by atoms with Crippen molar-refractivity contribution in [3.63, 3.8) is 0 Å². The first kappa shape index (κ1) is 17.5. The summed E-state index contributed by atoms with van der Waals surface area (Å²) < 4.78 is 9.92. The lowest BCUT2D eigenvalue weighted by Crippen LogP contribution is -2.56. The van der Waals surface area contributed by atoms with Gasteiger partial charge in [0.1, 0.15) is 12.1 Å². The predicted octanol–water partition coefficient (Wildman–Crippen LogP) is 0.602. The summed E-state index contributed by atoms with van der Waals surface area (Å²) >= 11 is 0. The number of amides is 2. The van der Waals surface area contributed by atoms with Gasteiger partial charge in [0.15, 0.2) is 0 Å². The summed E-state index contributed by atoms with van der Waals surface area (Å²) in [6.45, 7) is 2.88. The Labute approximate surface area is 135 Å². The molecule has 2 saturated heterocycles. The van der Waals surface area contributed by atoms with Gasteiger partial charge in [-0.25, -0.2) is 9.59 Å². The number of carboxylic acids is 1. The highest BCUT2D eigenvalue weighted by atomic mass is 16.5. The van der Waals surface area contributed by atoms with Gasteiger partial charge in [-0.2, -0.15) is 0 Å². The van der Waals surface area contributed by atoms with Crippen LogP contribution in [0.25, 0.3) is 0 Å². The van der Waals surface area contributed by atoms with Crippen LogP contribution in [0.2, 0.25) is 0 Å². The summed E-state index contributed by atoms with van der Waals surface area (Å²) in [5.41, 5.74) is 0. The molecule has 2 N–H and O–H groups in total. The molecule has 0 unspecified atom stereocenters. The van der Waals surface area contributed by atoms with Crippen LogP contribution < -0.4 is 5.32 Å². The van der Waals surface area contributed by atoms with E-state index in [0.717, 1.165) is 0 Å². The number of carbonyl (C=O) groups is 3. The van der Waals surface area contributed by atoms with Gasteiger partial charge in [-0.05, 0) is 38.5 Å². The van der Waals surface area contributed by atoms with E-state index in [9.17, 15) is 19.5 Å². The second-order valence-corrected chi connectivity index (χ2v) is 6.09. The Kier molecular flexibility index (Phi) is 5.81. The van der Waals surface area contributed by atoms with Crippen molar-refractivity contribution in [1.82, 2.24) is 10.2 Å². The molecule has 0 aromatic rings. The normalized spacial score (nSPS) is 26.6. The Hall–Kier alpha value is -1.83. The molecule has 0 aromatic carbocycles. The minimum Gasteiger partial charge on any atom is -0.480 e. The number of carboxylic acid groups (broad SMARTS) is 1. The molecule has 3 atom stereocenters. The van der Waals surface area contributed by atoms with Crippen LogP contribution in [0.4, 0.5) is 4.79 Å². The first-order valence-electron chi connectivity index (χ1n) is 7.93. The lowest BCUT2D eigenvalue weighted by Gasteiger charge is -2.35. The van der Waals surface area contributed by atoms with Crippen molar-refractivity contribution in [2.45, 2.75) is 50.7 Å². The van der Waals surface area contributed by atoms with E-state index < -0.39 is 24.1 Å². The van der Waals surface area contributed by atoms with Crippen LogP contribution in [-0.2, 0) is 19.1 Å². The molecule has 0 spiro atoms. The highest BCUT2D eigenvalue weighted by molar-refractivity contribution is 5.90. The van der Waals surface area contributed by atoms with Gasteiger partial charge >= 0.3 is 12.1 Å². The molecule has 2 heterocycles. The van der Waals surface area contributed by atoms with Crippen molar-refractivity contribution < 1.29 is 29.0 Å². The molecule has 2 fully saturated rings. The molecule has 2 aliphatic heterocycles. The van der Waals surface area contributed by atoms with Crippen LogP contribution in [0.3, 0.4) is 0 Å². The predicted molar refractivity (Wildman–Crippen MR) is 79.8 cm³/mol. The fraction of sp³-hybridized carbons (Fsp3) is 0.800. The summed E-state index contributed by atoms with van der Waals surface area (Å²) in [4.78, 5) is 37.4. The molecule has 0 saturated carbocycles. The molecule has 23 heavy (non-hydrogen) atoms. The number of carbonyl (C=O) groups excluding carboxylic acids is 2. The van der Waals surface area contributed by atoms with Crippen LogP contribution in [-0.4, -0.2) is 66.4 Å². The van der Waals surface area contributed by atoms with E-state index in [1.165, 1.54) is 12.0 Å². The zero-order valence-electron chi connectivity index (χ0n) is 13.5. The van der Waals surface area contributed by atoms with E-state index >= 15 is 0 Å². The Bertz CT molecular complexity index is 463. The summed E-state index contributed by atoms with van der Waals surface area (Å²) in [7, 11) is 1.24. The number of methoxy groups -OCH3 is 1. The second kappa shape index (κ2) is 7.63. The molecule has 0 aromatic heterocycles. The van der Waals surface area contributed by atoms with Crippen molar-refractivity contribution in [3.05, 3.63) is 0 Å². The molecular weight excluding hydrogens is 304 g/mol. The molecule has 8 heteroatoms. The van der Waals surface area contributed by atoms with Gasteiger partial charge in [0.25, 0.3) is 0 Å². The monoisotopic (exact) mass is 328 g/mol. The van der Waals surface area contributed by atoms with E-state index in [0.29, 0.717) is 38.9 Å². The van der Waals surface area contributed by atoms with Gasteiger partial charge in [-0.1, -0.05) is 0 Å². The van der Waals surface area contributed by atoms with Gasteiger partial charge in [-0.15, -0.1) is 0 Å². The van der Waals surface area contributed by atoms with E-state index in [1.807, 2.05) is 6.92 Å². The molecule has 0 radical (unpaired) electrons. The number of ether oxygens (including phenoxy) is 2. The quantitative estimate of drug-likeness (QED) is 0.783. The molecule has 130 valence electrons. The van der Waals surface area contributed by atoms with E-state index in [4.69, 9.17) is 4.74 Å². The number of hydrogen-bond acceptors (Lipinski definition) is 5. The zero-order valence-corrected chi connectivity index (χ0v) is 13.5. The maximum atomic E-state index is 13.0. The Morgan fingerprint density at radius 2 is 1.87 bits per heavy atom. The minimum atomic E-state index is -1.01. The lowest BCUT2D eigenvalue weighted by atomic mass is 9.90. The maximum Gasteiger partial charge on any atom is 0.407 e. The molecular formula is C15H24N2O6. The van der Waals surface area contributed by atoms with Crippen LogP contribution in [0.15, 0.2) is 0 Å². The average molecular weight is 328 g/mol. The van der Waals surface area contributed by atoms with Crippen molar-refractivity contribution >= 4 is 18.0 Å². The van der Waals surface area contributed by atoms with Gasteiger partial charge in [0, 0.05) is 19.3 Å². The lowest BCUT2D eigenvalue weighted by molar-refractivity contribution is -0.151. The smallest absolute Gasteiger partial charge is 0.407 e. The Morgan fingerprint density at radius 3 is 2.43 bits per heavy atom. The molecule has 8 nitrogen and oxygen atoms in total. The number of hydrogen-bond donors (Lipinski definition) is 2. The third-order valence-corrected chi connectivity index (χ3v) is 4.67. The van der Waals surface area contributed by atoms with Gasteiger partial charge in [0.05, 0.1) is 7.11 Å². The van der Waals surface area contributed by atoms with Crippen LogP contribution >= 0.6 is 0 Å². The molecule has 2 rings (SSSR count). The van der Waals surface area contributed by atoms with Crippen LogP contribution in [0, 0.1) is 5.92 Å². The van der Waals surface area contributed by atoms with Gasteiger partial charge in [0.2, 0.25) is 5.91 Å². The topological polar surface area (TPSA) is 105 Å². The Morgan fingerprint density at radius 1 is 1.22 bits per heavy atom. The van der Waals surface area contributed by atoms with E-state index in [1.54, 1.807) is 0 Å². The number of likely N-dealkylation sites (tertiary alicyclic amines) is 1. The maximum absolute atomic E-state index is 13.0. The third-order valence-electron chi connectivity index (χ3n) is 4.67. The number of aliphatic carboxylic acids is 1. The van der Waals surface area contributed by atoms with Crippen molar-refractivity contribution in [2.75, 3.05) is 20.3 Å². The van der Waals surface area contributed by atoms with Crippen molar-refractivity contribution in [1.29, 1.82) is 0 Å².